The number of anilines is 1. The van der Waals surface area contributed by atoms with Gasteiger partial charge in [-0.15, -0.1) is 0 Å². The third kappa shape index (κ3) is 2.89. The van der Waals surface area contributed by atoms with Crippen LogP contribution < -0.4 is 19.5 Å². The van der Waals surface area contributed by atoms with Crippen LogP contribution in [0.3, 0.4) is 0 Å². The Morgan fingerprint density at radius 1 is 1.08 bits per heavy atom. The smallest absolute Gasteiger partial charge is 0.221 e. The highest BCUT2D eigenvalue weighted by Gasteiger charge is 2.33. The molecule has 0 saturated carbocycles. The van der Waals surface area contributed by atoms with Gasteiger partial charge in [-0.05, 0) is 35.9 Å². The van der Waals surface area contributed by atoms with Crippen molar-refractivity contribution >= 4 is 11.6 Å². The van der Waals surface area contributed by atoms with Gasteiger partial charge in [0.25, 0.3) is 0 Å². The van der Waals surface area contributed by atoms with Gasteiger partial charge in [-0.25, -0.2) is 0 Å². The number of methoxy groups -OCH3 is 2. The maximum Gasteiger partial charge on any atom is 0.221 e. The summed E-state index contributed by atoms with van der Waals surface area (Å²) in [7, 11) is 3.24. The van der Waals surface area contributed by atoms with Crippen LogP contribution in [0.1, 0.15) is 37.0 Å². The minimum Gasteiger partial charge on any atom is -0.493 e. The summed E-state index contributed by atoms with van der Waals surface area (Å²) in [4.78, 5) is 11.2. The molecular formula is C19H21NO4. The second-order valence-corrected chi connectivity index (χ2v) is 5.88. The van der Waals surface area contributed by atoms with Gasteiger partial charge in [-0.3, -0.25) is 4.79 Å². The van der Waals surface area contributed by atoms with Gasteiger partial charge >= 0.3 is 0 Å². The van der Waals surface area contributed by atoms with E-state index in [0.717, 1.165) is 22.6 Å². The fraction of sp³-hybridized carbons (Fsp3) is 0.316. The van der Waals surface area contributed by atoms with Crippen molar-refractivity contribution in [2.24, 2.45) is 0 Å². The van der Waals surface area contributed by atoms with Gasteiger partial charge in [0.15, 0.2) is 11.5 Å². The van der Waals surface area contributed by atoms with Crippen molar-refractivity contribution in [3.8, 4) is 17.2 Å². The highest BCUT2D eigenvalue weighted by Crippen LogP contribution is 2.47. The Morgan fingerprint density at radius 2 is 1.83 bits per heavy atom. The largest absolute Gasteiger partial charge is 0.493 e. The van der Waals surface area contributed by atoms with Crippen LogP contribution in [0.4, 0.5) is 5.69 Å². The van der Waals surface area contributed by atoms with Gasteiger partial charge in [-0.2, -0.15) is 0 Å². The molecule has 2 aromatic carbocycles. The molecule has 0 unspecified atom stereocenters. The molecule has 3 rings (SSSR count). The molecule has 126 valence electrons. The van der Waals surface area contributed by atoms with Crippen molar-refractivity contribution in [1.82, 2.24) is 0 Å². The summed E-state index contributed by atoms with van der Waals surface area (Å²) in [5.74, 6) is 2.29. The van der Waals surface area contributed by atoms with Crippen molar-refractivity contribution in [1.29, 1.82) is 0 Å². The number of nitrogens with one attached hydrogen (secondary N) is 1. The number of hydrogen-bond donors (Lipinski definition) is 1. The van der Waals surface area contributed by atoms with Crippen molar-refractivity contribution in [2.45, 2.75) is 25.9 Å². The summed E-state index contributed by atoms with van der Waals surface area (Å²) in [5, 5.41) is 2.81. The van der Waals surface area contributed by atoms with Crippen molar-refractivity contribution < 1.29 is 19.0 Å². The van der Waals surface area contributed by atoms with Gasteiger partial charge in [0, 0.05) is 24.1 Å². The Morgan fingerprint density at radius 3 is 2.50 bits per heavy atom. The van der Waals surface area contributed by atoms with E-state index in [1.54, 1.807) is 14.2 Å². The number of hydrogen-bond acceptors (Lipinski definition) is 4. The van der Waals surface area contributed by atoms with E-state index in [9.17, 15) is 4.79 Å². The zero-order valence-electron chi connectivity index (χ0n) is 14.3. The van der Waals surface area contributed by atoms with Crippen LogP contribution in [-0.4, -0.2) is 20.1 Å². The zero-order chi connectivity index (χ0) is 17.3. The molecule has 5 nitrogen and oxygen atoms in total. The summed E-state index contributed by atoms with van der Waals surface area (Å²) in [6.07, 6.45) is -0.104. The topological polar surface area (TPSA) is 56.8 Å². The molecule has 24 heavy (non-hydrogen) atoms. The number of benzene rings is 2. The van der Waals surface area contributed by atoms with E-state index < -0.39 is 0 Å². The first-order valence-electron chi connectivity index (χ1n) is 7.83. The van der Waals surface area contributed by atoms with Gasteiger partial charge < -0.3 is 19.5 Å². The average Bonchev–Trinajstić information content (AvgIpc) is 2.90. The first-order chi connectivity index (χ1) is 11.5. The molecule has 0 radical (unpaired) electrons. The standard InChI is InChI=1S/C19H21NO4/c1-11-15-10-14(20-12(2)21)6-8-16(15)24-19(11)13-5-7-17(22-3)18(9-13)23-4/h5-11,19H,1-4H3,(H,20,21)/t11-,19-/m0/s1. The van der Waals surface area contributed by atoms with E-state index in [1.807, 2.05) is 36.4 Å². The number of fused-ring (bicyclic) bond motifs is 1. The molecule has 1 heterocycles. The van der Waals surface area contributed by atoms with Crippen LogP contribution in [0, 0.1) is 0 Å². The van der Waals surface area contributed by atoms with E-state index in [1.165, 1.54) is 6.92 Å². The molecule has 1 amide bonds. The van der Waals surface area contributed by atoms with Crippen molar-refractivity contribution in [3.05, 3.63) is 47.5 Å². The molecule has 0 fully saturated rings. The van der Waals surface area contributed by atoms with Crippen molar-refractivity contribution in [2.75, 3.05) is 19.5 Å². The molecule has 5 heteroatoms. The highest BCUT2D eigenvalue weighted by atomic mass is 16.5. The predicted octanol–water partition coefficient (Wildman–Crippen LogP) is 3.90. The highest BCUT2D eigenvalue weighted by molar-refractivity contribution is 5.88. The second kappa shape index (κ2) is 6.43. The summed E-state index contributed by atoms with van der Waals surface area (Å²) >= 11 is 0. The van der Waals surface area contributed by atoms with Crippen LogP contribution in [0.5, 0.6) is 17.2 Å². The summed E-state index contributed by atoms with van der Waals surface area (Å²) in [6, 6.07) is 11.5. The number of ether oxygens (including phenoxy) is 3. The maximum atomic E-state index is 11.2. The molecule has 0 aromatic heterocycles. The summed E-state index contributed by atoms with van der Waals surface area (Å²) in [5.41, 5.74) is 2.89. The SMILES string of the molecule is COc1ccc([C@H]2Oc3ccc(NC(C)=O)cc3[C@@H]2C)cc1OC. The Bertz CT molecular complexity index is 772. The quantitative estimate of drug-likeness (QED) is 0.925. The van der Waals surface area contributed by atoms with Crippen LogP contribution >= 0.6 is 0 Å². The number of amides is 1. The van der Waals surface area contributed by atoms with Crippen LogP contribution in [-0.2, 0) is 4.79 Å². The van der Waals surface area contributed by atoms with Gasteiger partial charge in [0.1, 0.15) is 11.9 Å². The van der Waals surface area contributed by atoms with Crippen LogP contribution in [0.25, 0.3) is 0 Å². The minimum absolute atomic E-state index is 0.0852. The van der Waals surface area contributed by atoms with Crippen LogP contribution in [0.15, 0.2) is 36.4 Å². The van der Waals surface area contributed by atoms with E-state index in [4.69, 9.17) is 14.2 Å². The molecule has 1 N–H and O–H groups in total. The molecule has 1 aliphatic rings. The van der Waals surface area contributed by atoms with Gasteiger partial charge in [-0.1, -0.05) is 13.0 Å². The Balaban J connectivity index is 1.90. The first-order valence-corrected chi connectivity index (χ1v) is 7.83. The Kier molecular flexibility index (Phi) is 4.34. The van der Waals surface area contributed by atoms with Gasteiger partial charge in [0.05, 0.1) is 14.2 Å². The normalized spacial score (nSPS) is 18.5. The lowest BCUT2D eigenvalue weighted by Crippen LogP contribution is -2.08. The lowest BCUT2D eigenvalue weighted by atomic mass is 9.92. The summed E-state index contributed by atoms with van der Waals surface area (Å²) in [6.45, 7) is 3.62. The zero-order valence-corrected chi connectivity index (χ0v) is 14.3. The first kappa shape index (κ1) is 16.2. The van der Waals surface area contributed by atoms with E-state index in [0.29, 0.717) is 11.5 Å². The number of carbonyl (C=O) groups excluding carboxylic acids is 1. The van der Waals surface area contributed by atoms with E-state index in [2.05, 4.69) is 12.2 Å². The fourth-order valence-electron chi connectivity index (χ4n) is 3.08. The average molecular weight is 327 g/mol. The molecule has 0 bridgehead atoms. The lowest BCUT2D eigenvalue weighted by Gasteiger charge is -2.17. The monoisotopic (exact) mass is 327 g/mol. The summed E-state index contributed by atoms with van der Waals surface area (Å²) < 4.78 is 16.8. The molecule has 1 aliphatic heterocycles. The Labute approximate surface area is 141 Å². The van der Waals surface area contributed by atoms with Crippen molar-refractivity contribution in [3.63, 3.8) is 0 Å². The van der Waals surface area contributed by atoms with E-state index in [-0.39, 0.29) is 17.9 Å². The molecular weight excluding hydrogens is 306 g/mol. The number of carbonyl (C=O) groups is 1. The van der Waals surface area contributed by atoms with E-state index >= 15 is 0 Å². The van der Waals surface area contributed by atoms with Crippen LogP contribution in [0.2, 0.25) is 0 Å². The maximum absolute atomic E-state index is 11.2. The number of rotatable bonds is 4. The fourth-order valence-corrected chi connectivity index (χ4v) is 3.08. The third-order valence-corrected chi connectivity index (χ3v) is 4.26. The third-order valence-electron chi connectivity index (χ3n) is 4.26. The minimum atomic E-state index is -0.104. The molecule has 2 aromatic rings. The Hall–Kier alpha value is -2.69. The van der Waals surface area contributed by atoms with Gasteiger partial charge in [0.2, 0.25) is 5.91 Å². The molecule has 0 aliphatic carbocycles. The molecule has 0 saturated heterocycles. The molecule has 0 spiro atoms. The lowest BCUT2D eigenvalue weighted by molar-refractivity contribution is -0.114. The molecule has 2 atom stereocenters. The second-order valence-electron chi connectivity index (χ2n) is 5.88. The predicted molar refractivity (Wildman–Crippen MR) is 92.1 cm³/mol.